The van der Waals surface area contributed by atoms with Crippen molar-refractivity contribution in [3.8, 4) is 17.2 Å². The maximum atomic E-state index is 12.2. The Morgan fingerprint density at radius 2 is 1.84 bits per heavy atom. The lowest BCUT2D eigenvalue weighted by Crippen LogP contribution is -2.37. The number of nitriles is 1. The van der Waals surface area contributed by atoms with Crippen LogP contribution in [0.15, 0.2) is 42.5 Å². The second kappa shape index (κ2) is 10.5. The molecule has 160 valence electrons. The standard InChI is InChI=1S/C23H25N5O2S/c1-3-28(4-2)19-13-18-20(12-17(19)16-8-6-5-7-9-16)31-23(27-18)14-21(29)26-15-22(30)25-11-10-24/h5-9,12-13H,3-4,11,14-15H2,1-2H3,(H,25,30)(H,26,29). The molecule has 0 radical (unpaired) electrons. The minimum atomic E-state index is -0.393. The van der Waals surface area contributed by atoms with Gasteiger partial charge in [-0.3, -0.25) is 9.59 Å². The van der Waals surface area contributed by atoms with Gasteiger partial charge in [0.2, 0.25) is 11.8 Å². The van der Waals surface area contributed by atoms with Crippen molar-refractivity contribution < 1.29 is 9.59 Å². The largest absolute Gasteiger partial charge is 0.372 e. The third-order valence-electron chi connectivity index (χ3n) is 4.86. The molecule has 31 heavy (non-hydrogen) atoms. The summed E-state index contributed by atoms with van der Waals surface area (Å²) in [5.41, 5.74) is 4.27. The summed E-state index contributed by atoms with van der Waals surface area (Å²) in [6.07, 6.45) is 0.103. The average Bonchev–Trinajstić information content (AvgIpc) is 3.18. The van der Waals surface area contributed by atoms with E-state index in [9.17, 15) is 9.59 Å². The summed E-state index contributed by atoms with van der Waals surface area (Å²) < 4.78 is 1.02. The first-order valence-electron chi connectivity index (χ1n) is 10.2. The topological polar surface area (TPSA) is 98.1 Å². The van der Waals surface area contributed by atoms with Gasteiger partial charge >= 0.3 is 0 Å². The van der Waals surface area contributed by atoms with E-state index in [0.717, 1.165) is 40.1 Å². The smallest absolute Gasteiger partial charge is 0.240 e. The molecule has 0 fully saturated rings. The Kier molecular flexibility index (Phi) is 7.57. The van der Waals surface area contributed by atoms with Crippen LogP contribution in [-0.4, -0.2) is 43.0 Å². The minimum absolute atomic E-state index is 0.0782. The summed E-state index contributed by atoms with van der Waals surface area (Å²) in [7, 11) is 0. The quantitative estimate of drug-likeness (QED) is 0.503. The number of nitrogens with one attached hydrogen (secondary N) is 2. The Balaban J connectivity index is 1.84. The highest BCUT2D eigenvalue weighted by molar-refractivity contribution is 7.18. The monoisotopic (exact) mass is 435 g/mol. The van der Waals surface area contributed by atoms with Gasteiger partial charge in [0.05, 0.1) is 29.3 Å². The Labute approximate surface area is 185 Å². The number of carbonyl (C=O) groups excluding carboxylic acids is 2. The molecule has 0 spiro atoms. The molecule has 3 rings (SSSR count). The van der Waals surface area contributed by atoms with Crippen molar-refractivity contribution in [2.45, 2.75) is 20.3 Å². The molecule has 0 saturated carbocycles. The second-order valence-electron chi connectivity index (χ2n) is 6.87. The Bertz CT molecular complexity index is 1100. The number of hydrogen-bond donors (Lipinski definition) is 2. The van der Waals surface area contributed by atoms with Crippen molar-refractivity contribution >= 4 is 39.1 Å². The Morgan fingerprint density at radius 3 is 2.52 bits per heavy atom. The normalized spacial score (nSPS) is 10.5. The van der Waals surface area contributed by atoms with Gasteiger partial charge in [0.25, 0.3) is 0 Å². The van der Waals surface area contributed by atoms with Gasteiger partial charge in [-0.2, -0.15) is 5.26 Å². The SMILES string of the molecule is CCN(CC)c1cc2nc(CC(=O)NCC(=O)NCC#N)sc2cc1-c1ccccc1. The molecule has 2 N–H and O–H groups in total. The van der Waals surface area contributed by atoms with Crippen LogP contribution in [0.1, 0.15) is 18.9 Å². The minimum Gasteiger partial charge on any atom is -0.372 e. The fraction of sp³-hybridized carbons (Fsp3) is 0.304. The van der Waals surface area contributed by atoms with Crippen LogP contribution in [0.2, 0.25) is 0 Å². The first kappa shape index (κ1) is 22.2. The first-order chi connectivity index (χ1) is 15.0. The van der Waals surface area contributed by atoms with E-state index in [1.165, 1.54) is 11.3 Å². The number of hydrogen-bond acceptors (Lipinski definition) is 6. The molecule has 0 aliphatic carbocycles. The molecule has 0 unspecified atom stereocenters. The van der Waals surface area contributed by atoms with E-state index < -0.39 is 5.91 Å². The van der Waals surface area contributed by atoms with Gasteiger partial charge in [0, 0.05) is 24.3 Å². The molecule has 0 saturated heterocycles. The summed E-state index contributed by atoms with van der Waals surface area (Å²) in [6, 6.07) is 16.3. The van der Waals surface area contributed by atoms with Crippen LogP contribution >= 0.6 is 11.3 Å². The fourth-order valence-electron chi connectivity index (χ4n) is 3.34. The second-order valence-corrected chi connectivity index (χ2v) is 7.99. The molecular formula is C23H25N5O2S. The van der Waals surface area contributed by atoms with E-state index in [0.29, 0.717) is 5.01 Å². The number of rotatable bonds is 9. The van der Waals surface area contributed by atoms with Gasteiger partial charge in [-0.1, -0.05) is 30.3 Å². The Morgan fingerprint density at radius 1 is 1.10 bits per heavy atom. The molecule has 1 heterocycles. The number of anilines is 1. The van der Waals surface area contributed by atoms with E-state index in [-0.39, 0.29) is 25.4 Å². The summed E-state index contributed by atoms with van der Waals surface area (Å²) in [5.74, 6) is -0.672. The van der Waals surface area contributed by atoms with Crippen molar-refractivity contribution in [1.29, 1.82) is 5.26 Å². The maximum absolute atomic E-state index is 12.2. The molecule has 2 amide bonds. The molecule has 0 aliphatic heterocycles. The first-order valence-corrected chi connectivity index (χ1v) is 11.0. The van der Waals surface area contributed by atoms with Crippen molar-refractivity contribution in [3.05, 3.63) is 47.5 Å². The number of benzene rings is 2. The van der Waals surface area contributed by atoms with Gasteiger partial charge in [0.15, 0.2) is 0 Å². The van der Waals surface area contributed by atoms with Gasteiger partial charge in [-0.15, -0.1) is 11.3 Å². The van der Waals surface area contributed by atoms with Crippen molar-refractivity contribution in [2.24, 2.45) is 0 Å². The lowest BCUT2D eigenvalue weighted by atomic mass is 10.0. The zero-order valence-corrected chi connectivity index (χ0v) is 18.5. The highest BCUT2D eigenvalue weighted by atomic mass is 32.1. The van der Waals surface area contributed by atoms with Crippen molar-refractivity contribution in [3.63, 3.8) is 0 Å². The molecule has 8 heteroatoms. The molecule has 0 atom stereocenters. The van der Waals surface area contributed by atoms with Crippen LogP contribution in [0.4, 0.5) is 5.69 Å². The summed E-state index contributed by atoms with van der Waals surface area (Å²) >= 11 is 1.48. The number of fused-ring (bicyclic) bond motifs is 1. The average molecular weight is 436 g/mol. The highest BCUT2D eigenvalue weighted by Crippen LogP contribution is 2.37. The predicted molar refractivity (Wildman–Crippen MR) is 124 cm³/mol. The van der Waals surface area contributed by atoms with Crippen LogP contribution in [-0.2, 0) is 16.0 Å². The molecule has 2 aromatic carbocycles. The van der Waals surface area contributed by atoms with E-state index in [1.807, 2.05) is 24.3 Å². The molecule has 0 aliphatic rings. The van der Waals surface area contributed by atoms with Crippen LogP contribution in [0, 0.1) is 11.3 Å². The zero-order chi connectivity index (χ0) is 22.2. The van der Waals surface area contributed by atoms with Gasteiger partial charge < -0.3 is 15.5 Å². The van der Waals surface area contributed by atoms with Gasteiger partial charge in [0.1, 0.15) is 11.6 Å². The van der Waals surface area contributed by atoms with Crippen LogP contribution < -0.4 is 15.5 Å². The Hall–Kier alpha value is -3.44. The van der Waals surface area contributed by atoms with Gasteiger partial charge in [-0.05, 0) is 31.5 Å². The molecule has 7 nitrogen and oxygen atoms in total. The third kappa shape index (κ3) is 5.58. The number of nitrogens with zero attached hydrogens (tertiary/aromatic N) is 3. The predicted octanol–water partition coefficient (Wildman–Crippen LogP) is 3.11. The summed E-state index contributed by atoms with van der Waals surface area (Å²) in [6.45, 7) is 5.79. The number of aromatic nitrogens is 1. The molecule has 0 bridgehead atoms. The maximum Gasteiger partial charge on any atom is 0.240 e. The van der Waals surface area contributed by atoms with E-state index in [4.69, 9.17) is 5.26 Å². The van der Waals surface area contributed by atoms with E-state index in [2.05, 4.69) is 58.6 Å². The fourth-order valence-corrected chi connectivity index (χ4v) is 4.33. The highest BCUT2D eigenvalue weighted by Gasteiger charge is 2.16. The number of amides is 2. The van der Waals surface area contributed by atoms with Crippen LogP contribution in [0.5, 0.6) is 0 Å². The lowest BCUT2D eigenvalue weighted by molar-refractivity contribution is -0.125. The van der Waals surface area contributed by atoms with Crippen molar-refractivity contribution in [1.82, 2.24) is 15.6 Å². The van der Waals surface area contributed by atoms with Crippen LogP contribution in [0.3, 0.4) is 0 Å². The molecule has 3 aromatic rings. The number of thiazole rings is 1. The number of carbonyl (C=O) groups is 2. The molecular weight excluding hydrogens is 410 g/mol. The lowest BCUT2D eigenvalue weighted by Gasteiger charge is -2.24. The van der Waals surface area contributed by atoms with Gasteiger partial charge in [-0.25, -0.2) is 4.98 Å². The van der Waals surface area contributed by atoms with E-state index in [1.54, 1.807) is 0 Å². The molecule has 1 aromatic heterocycles. The summed E-state index contributed by atoms with van der Waals surface area (Å²) in [5, 5.41) is 14.1. The van der Waals surface area contributed by atoms with E-state index >= 15 is 0 Å². The van der Waals surface area contributed by atoms with Crippen LogP contribution in [0.25, 0.3) is 21.3 Å². The third-order valence-corrected chi connectivity index (χ3v) is 5.88. The summed E-state index contributed by atoms with van der Waals surface area (Å²) in [4.78, 5) is 30.7. The zero-order valence-electron chi connectivity index (χ0n) is 17.6. The van der Waals surface area contributed by atoms with Crippen molar-refractivity contribution in [2.75, 3.05) is 31.1 Å².